The fourth-order valence-electron chi connectivity index (χ4n) is 1.98. The van der Waals surface area contributed by atoms with Crippen molar-refractivity contribution in [3.05, 3.63) is 61.9 Å². The van der Waals surface area contributed by atoms with Crippen molar-refractivity contribution < 1.29 is 9.90 Å². The number of nitrogens with one attached hydrogen (secondary N) is 1. The van der Waals surface area contributed by atoms with Crippen LogP contribution < -0.4 is 16.7 Å². The molecular weight excluding hydrogens is 300 g/mol. The van der Waals surface area contributed by atoms with Crippen molar-refractivity contribution in [2.45, 2.75) is 6.92 Å². The molecule has 1 aromatic heterocycles. The van der Waals surface area contributed by atoms with E-state index in [0.29, 0.717) is 16.9 Å². The average Bonchev–Trinajstić information content (AvgIpc) is 2.54. The highest BCUT2D eigenvalue weighted by molar-refractivity contribution is 5.88. The highest BCUT2D eigenvalue weighted by atomic mass is 16.4. The Bertz CT molecular complexity index is 891. The zero-order chi connectivity index (χ0) is 17.1. The third-order valence-electron chi connectivity index (χ3n) is 3.52. The van der Waals surface area contributed by atoms with Gasteiger partial charge in [0.25, 0.3) is 5.56 Å². The van der Waals surface area contributed by atoms with Crippen LogP contribution in [0.25, 0.3) is 0 Å². The first-order valence-electron chi connectivity index (χ1n) is 6.72. The largest absolute Gasteiger partial charge is 0.478 e. The molecule has 0 amide bonds. The Hall–Kier alpha value is -3.16. The molecule has 2 N–H and O–H groups in total. The number of carboxylic acid groups (broad SMARTS) is 1. The molecule has 23 heavy (non-hydrogen) atoms. The molecule has 2 rings (SSSR count). The van der Waals surface area contributed by atoms with Crippen LogP contribution >= 0.6 is 0 Å². The molecule has 0 saturated carbocycles. The van der Waals surface area contributed by atoms with Crippen LogP contribution in [0.4, 0.5) is 5.69 Å². The van der Waals surface area contributed by atoms with Crippen molar-refractivity contribution in [1.82, 2.24) is 9.13 Å². The molecule has 0 bridgehead atoms. The SMILES string of the molecule is Cc1c(C=NNc2ccc(C(=O)O)cc2)c(=O)n(C)c(=O)n1C. The van der Waals surface area contributed by atoms with Gasteiger partial charge in [-0.05, 0) is 31.2 Å². The Balaban J connectivity index is 2.26. The fourth-order valence-corrected chi connectivity index (χ4v) is 1.98. The van der Waals surface area contributed by atoms with Crippen molar-refractivity contribution in [1.29, 1.82) is 0 Å². The Morgan fingerprint density at radius 2 is 1.78 bits per heavy atom. The van der Waals surface area contributed by atoms with Crippen LogP contribution in [0.2, 0.25) is 0 Å². The number of carbonyl (C=O) groups is 1. The second-order valence-electron chi connectivity index (χ2n) is 4.96. The van der Waals surface area contributed by atoms with Crippen LogP contribution in [0.1, 0.15) is 21.6 Å². The molecule has 0 unspecified atom stereocenters. The number of aromatic nitrogens is 2. The van der Waals surface area contributed by atoms with Gasteiger partial charge in [-0.3, -0.25) is 14.8 Å². The van der Waals surface area contributed by atoms with Crippen molar-refractivity contribution in [2.75, 3.05) is 5.43 Å². The summed E-state index contributed by atoms with van der Waals surface area (Å²) in [6.45, 7) is 1.66. The van der Waals surface area contributed by atoms with Crippen molar-refractivity contribution in [3.8, 4) is 0 Å². The Kier molecular flexibility index (Phi) is 4.44. The summed E-state index contributed by atoms with van der Waals surface area (Å²) in [4.78, 5) is 34.6. The number of aromatic carboxylic acids is 1. The molecule has 0 aliphatic rings. The fraction of sp³-hybridized carbons (Fsp3) is 0.200. The second kappa shape index (κ2) is 6.30. The summed E-state index contributed by atoms with van der Waals surface area (Å²) in [6.07, 6.45) is 1.34. The lowest BCUT2D eigenvalue weighted by atomic mass is 10.2. The van der Waals surface area contributed by atoms with E-state index < -0.39 is 17.2 Å². The first-order valence-corrected chi connectivity index (χ1v) is 6.72. The Morgan fingerprint density at radius 1 is 1.17 bits per heavy atom. The highest BCUT2D eigenvalue weighted by Gasteiger charge is 2.10. The molecule has 1 aromatic carbocycles. The summed E-state index contributed by atoms with van der Waals surface area (Å²) in [6, 6.07) is 6.01. The summed E-state index contributed by atoms with van der Waals surface area (Å²) in [5.74, 6) is -1.01. The number of benzene rings is 1. The van der Waals surface area contributed by atoms with Gasteiger partial charge in [0.05, 0.1) is 23.0 Å². The van der Waals surface area contributed by atoms with Gasteiger partial charge in [0.1, 0.15) is 0 Å². The monoisotopic (exact) mass is 316 g/mol. The predicted octanol–water partition coefficient (Wildman–Crippen LogP) is 0.537. The van der Waals surface area contributed by atoms with Gasteiger partial charge in [0.2, 0.25) is 0 Å². The molecule has 120 valence electrons. The molecule has 0 aliphatic carbocycles. The standard InChI is InChI=1S/C15H16N4O4/c1-9-12(13(20)19(3)15(23)18(9)2)8-16-17-11-6-4-10(5-7-11)14(21)22/h4-8,17H,1-3H3,(H,21,22). The van der Waals surface area contributed by atoms with E-state index in [-0.39, 0.29) is 5.56 Å². The van der Waals surface area contributed by atoms with E-state index in [1.54, 1.807) is 26.1 Å². The molecule has 8 nitrogen and oxygen atoms in total. The highest BCUT2D eigenvalue weighted by Crippen LogP contribution is 2.09. The molecule has 0 saturated heterocycles. The van der Waals surface area contributed by atoms with E-state index in [0.717, 1.165) is 4.57 Å². The topological polar surface area (TPSA) is 106 Å². The van der Waals surface area contributed by atoms with Crippen molar-refractivity contribution in [2.24, 2.45) is 19.2 Å². The average molecular weight is 316 g/mol. The third-order valence-corrected chi connectivity index (χ3v) is 3.52. The van der Waals surface area contributed by atoms with Gasteiger partial charge in [0, 0.05) is 19.8 Å². The predicted molar refractivity (Wildman–Crippen MR) is 86.3 cm³/mol. The van der Waals surface area contributed by atoms with E-state index in [9.17, 15) is 14.4 Å². The maximum absolute atomic E-state index is 12.1. The summed E-state index contributed by atoms with van der Waals surface area (Å²) in [7, 11) is 2.98. The van der Waals surface area contributed by atoms with Crippen LogP contribution in [-0.4, -0.2) is 26.4 Å². The van der Waals surface area contributed by atoms with E-state index >= 15 is 0 Å². The van der Waals surface area contributed by atoms with Gasteiger partial charge >= 0.3 is 11.7 Å². The number of hydrogen-bond acceptors (Lipinski definition) is 5. The first-order chi connectivity index (χ1) is 10.8. The van der Waals surface area contributed by atoms with E-state index in [2.05, 4.69) is 10.5 Å². The minimum atomic E-state index is -1.01. The van der Waals surface area contributed by atoms with E-state index in [4.69, 9.17) is 5.11 Å². The Labute approximate surface area is 131 Å². The van der Waals surface area contributed by atoms with Crippen LogP contribution in [-0.2, 0) is 14.1 Å². The smallest absolute Gasteiger partial charge is 0.335 e. The molecule has 0 aliphatic heterocycles. The normalized spacial score (nSPS) is 10.9. The lowest BCUT2D eigenvalue weighted by Crippen LogP contribution is -2.40. The van der Waals surface area contributed by atoms with Gasteiger partial charge in [-0.1, -0.05) is 0 Å². The van der Waals surface area contributed by atoms with Gasteiger partial charge in [-0.15, -0.1) is 0 Å². The number of nitrogens with zero attached hydrogens (tertiary/aromatic N) is 3. The van der Waals surface area contributed by atoms with Gasteiger partial charge < -0.3 is 9.67 Å². The summed E-state index contributed by atoms with van der Waals surface area (Å²) < 4.78 is 2.38. The minimum absolute atomic E-state index is 0.169. The number of anilines is 1. The Morgan fingerprint density at radius 3 is 2.35 bits per heavy atom. The van der Waals surface area contributed by atoms with E-state index in [1.165, 1.54) is 30.0 Å². The van der Waals surface area contributed by atoms with Gasteiger partial charge in [-0.2, -0.15) is 5.10 Å². The van der Waals surface area contributed by atoms with E-state index in [1.807, 2.05) is 0 Å². The summed E-state index contributed by atoms with van der Waals surface area (Å²) >= 11 is 0. The molecule has 8 heteroatoms. The third kappa shape index (κ3) is 3.20. The maximum atomic E-state index is 12.1. The molecular formula is C15H16N4O4. The number of carboxylic acids is 1. The number of rotatable bonds is 4. The number of hydrazone groups is 1. The summed E-state index contributed by atoms with van der Waals surface area (Å²) in [5, 5.41) is 12.8. The molecule has 0 atom stereocenters. The molecule has 1 heterocycles. The maximum Gasteiger partial charge on any atom is 0.335 e. The quantitative estimate of drug-likeness (QED) is 0.632. The van der Waals surface area contributed by atoms with Crippen LogP contribution in [0.3, 0.4) is 0 Å². The van der Waals surface area contributed by atoms with Crippen LogP contribution in [0.5, 0.6) is 0 Å². The molecule has 0 fully saturated rings. The first kappa shape index (κ1) is 16.2. The van der Waals surface area contributed by atoms with Crippen molar-refractivity contribution >= 4 is 17.9 Å². The van der Waals surface area contributed by atoms with Crippen LogP contribution in [0.15, 0.2) is 39.0 Å². The van der Waals surface area contributed by atoms with Gasteiger partial charge in [0.15, 0.2) is 0 Å². The second-order valence-corrected chi connectivity index (χ2v) is 4.96. The van der Waals surface area contributed by atoms with Gasteiger partial charge in [-0.25, -0.2) is 9.59 Å². The lowest BCUT2D eigenvalue weighted by molar-refractivity contribution is 0.0697. The van der Waals surface area contributed by atoms with Crippen LogP contribution in [0, 0.1) is 6.92 Å². The molecule has 0 spiro atoms. The zero-order valence-corrected chi connectivity index (χ0v) is 12.9. The molecule has 0 radical (unpaired) electrons. The molecule has 2 aromatic rings. The zero-order valence-electron chi connectivity index (χ0n) is 12.9. The minimum Gasteiger partial charge on any atom is -0.478 e. The lowest BCUT2D eigenvalue weighted by Gasteiger charge is -2.08. The number of hydrogen-bond donors (Lipinski definition) is 2. The summed E-state index contributed by atoms with van der Waals surface area (Å²) in [5.41, 5.74) is 3.42. The van der Waals surface area contributed by atoms with Crippen molar-refractivity contribution in [3.63, 3.8) is 0 Å².